The first-order valence-electron chi connectivity index (χ1n) is 7.47. The van der Waals surface area contributed by atoms with Gasteiger partial charge in [-0.1, -0.05) is 12.8 Å². The van der Waals surface area contributed by atoms with Crippen LogP contribution in [0.25, 0.3) is 0 Å². The Morgan fingerprint density at radius 3 is 2.26 bits per heavy atom. The zero-order chi connectivity index (χ0) is 16.6. The van der Waals surface area contributed by atoms with Crippen molar-refractivity contribution in [1.29, 1.82) is 0 Å². The van der Waals surface area contributed by atoms with Crippen LogP contribution >= 0.6 is 0 Å². The van der Waals surface area contributed by atoms with Crippen LogP contribution in [-0.4, -0.2) is 46.0 Å². The van der Waals surface area contributed by atoms with Crippen molar-refractivity contribution in [2.75, 3.05) is 6.54 Å². The number of Topliss-reactive ketones (excluding diaryl/α,β-unsaturated/α-hetero) is 1. The Bertz CT molecular complexity index is 680. The van der Waals surface area contributed by atoms with Crippen molar-refractivity contribution in [3.8, 4) is 0 Å². The van der Waals surface area contributed by atoms with E-state index >= 15 is 0 Å². The molecule has 0 radical (unpaired) electrons. The number of urea groups is 1. The van der Waals surface area contributed by atoms with E-state index in [4.69, 9.17) is 0 Å². The van der Waals surface area contributed by atoms with Gasteiger partial charge in [0.1, 0.15) is 5.82 Å². The van der Waals surface area contributed by atoms with Crippen LogP contribution in [0.15, 0.2) is 24.3 Å². The number of amides is 4. The summed E-state index contributed by atoms with van der Waals surface area (Å²) < 4.78 is 12.9. The number of rotatable bonds is 4. The quantitative estimate of drug-likeness (QED) is 0.481. The Labute approximate surface area is 131 Å². The van der Waals surface area contributed by atoms with Crippen molar-refractivity contribution in [1.82, 2.24) is 9.80 Å². The molecular weight excluding hydrogens is 303 g/mol. The monoisotopic (exact) mass is 318 g/mol. The molecule has 1 aliphatic carbocycles. The van der Waals surface area contributed by atoms with Crippen molar-refractivity contribution < 1.29 is 23.6 Å². The highest BCUT2D eigenvalue weighted by Gasteiger charge is 2.48. The van der Waals surface area contributed by atoms with Crippen LogP contribution in [0.3, 0.4) is 0 Å². The molecule has 7 heteroatoms. The van der Waals surface area contributed by atoms with Crippen LogP contribution in [0.1, 0.15) is 36.0 Å². The van der Waals surface area contributed by atoms with E-state index < -0.39 is 36.0 Å². The first-order chi connectivity index (χ1) is 11.0. The van der Waals surface area contributed by atoms with Crippen LogP contribution in [0.4, 0.5) is 9.18 Å². The lowest BCUT2D eigenvalue weighted by Crippen LogP contribution is -2.41. The Hall–Kier alpha value is -2.57. The van der Waals surface area contributed by atoms with Gasteiger partial charge in [-0.3, -0.25) is 19.3 Å². The van der Waals surface area contributed by atoms with E-state index in [1.807, 2.05) is 0 Å². The highest BCUT2D eigenvalue weighted by Crippen LogP contribution is 2.27. The predicted octanol–water partition coefficient (Wildman–Crippen LogP) is 1.74. The number of hydrogen-bond acceptors (Lipinski definition) is 4. The highest BCUT2D eigenvalue weighted by molar-refractivity contribution is 6.45. The lowest BCUT2D eigenvalue weighted by molar-refractivity contribution is -0.143. The summed E-state index contributed by atoms with van der Waals surface area (Å²) >= 11 is 0. The summed E-state index contributed by atoms with van der Waals surface area (Å²) in [4.78, 5) is 50.2. The van der Waals surface area contributed by atoms with E-state index in [2.05, 4.69) is 0 Å². The molecule has 1 aromatic rings. The average molecular weight is 318 g/mol. The van der Waals surface area contributed by atoms with Gasteiger partial charge in [0.15, 0.2) is 5.78 Å². The molecule has 6 nitrogen and oxygen atoms in total. The summed E-state index contributed by atoms with van der Waals surface area (Å²) in [6, 6.07) is 3.80. The van der Waals surface area contributed by atoms with Gasteiger partial charge in [0.2, 0.25) is 0 Å². The number of nitrogens with zero attached hydrogens (tertiary/aromatic N) is 2. The fraction of sp³-hybridized carbons (Fsp3) is 0.375. The van der Waals surface area contributed by atoms with Gasteiger partial charge < -0.3 is 0 Å². The van der Waals surface area contributed by atoms with Crippen molar-refractivity contribution >= 4 is 23.6 Å². The number of ketones is 1. The summed E-state index contributed by atoms with van der Waals surface area (Å²) in [5.41, 5.74) is 0.179. The standard InChI is InChI=1S/C16H15FN2O4/c17-11-7-5-10(6-8-11)13(20)9-18-14(21)15(22)19(16(18)23)12-3-1-2-4-12/h5-8,12H,1-4,9H2. The second-order valence-corrected chi connectivity index (χ2v) is 5.72. The molecule has 1 aliphatic heterocycles. The van der Waals surface area contributed by atoms with E-state index in [1.165, 1.54) is 12.1 Å². The second-order valence-electron chi connectivity index (χ2n) is 5.72. The van der Waals surface area contributed by atoms with Gasteiger partial charge in [-0.25, -0.2) is 14.1 Å². The number of benzene rings is 1. The molecule has 0 N–H and O–H groups in total. The molecule has 1 saturated carbocycles. The average Bonchev–Trinajstić information content (AvgIpc) is 3.12. The van der Waals surface area contributed by atoms with Crippen molar-refractivity contribution in [3.63, 3.8) is 0 Å². The maximum Gasteiger partial charge on any atom is 0.334 e. The van der Waals surface area contributed by atoms with Gasteiger partial charge in [0.25, 0.3) is 0 Å². The fourth-order valence-corrected chi connectivity index (χ4v) is 3.02. The van der Waals surface area contributed by atoms with Crippen molar-refractivity contribution in [2.45, 2.75) is 31.7 Å². The Morgan fingerprint density at radius 2 is 1.65 bits per heavy atom. The van der Waals surface area contributed by atoms with Crippen molar-refractivity contribution in [2.24, 2.45) is 0 Å². The maximum atomic E-state index is 12.9. The normalized spacial score (nSPS) is 19.1. The number of hydrogen-bond donors (Lipinski definition) is 0. The highest BCUT2D eigenvalue weighted by atomic mass is 19.1. The summed E-state index contributed by atoms with van der Waals surface area (Å²) in [7, 11) is 0. The van der Waals surface area contributed by atoms with Gasteiger partial charge in [-0.15, -0.1) is 0 Å². The smallest absolute Gasteiger partial charge is 0.292 e. The van der Waals surface area contributed by atoms with E-state index in [1.54, 1.807) is 0 Å². The van der Waals surface area contributed by atoms with Gasteiger partial charge in [-0.2, -0.15) is 0 Å². The first kappa shape index (κ1) is 15.3. The van der Waals surface area contributed by atoms with E-state index in [0.717, 1.165) is 29.9 Å². The third-order valence-corrected chi connectivity index (χ3v) is 4.24. The SMILES string of the molecule is O=C(CN1C(=O)C(=O)N(C2CCCC2)C1=O)c1ccc(F)cc1. The molecule has 120 valence electrons. The minimum absolute atomic E-state index is 0.179. The molecule has 2 fully saturated rings. The third-order valence-electron chi connectivity index (χ3n) is 4.24. The zero-order valence-electron chi connectivity index (χ0n) is 12.3. The Balaban J connectivity index is 1.76. The Kier molecular flexibility index (Phi) is 3.94. The Morgan fingerprint density at radius 1 is 1.04 bits per heavy atom. The number of halogens is 1. The number of imide groups is 2. The van der Waals surface area contributed by atoms with Gasteiger partial charge >= 0.3 is 17.8 Å². The van der Waals surface area contributed by atoms with E-state index in [9.17, 15) is 23.6 Å². The lowest BCUT2D eigenvalue weighted by atomic mass is 10.1. The van der Waals surface area contributed by atoms with Crippen LogP contribution in [0.2, 0.25) is 0 Å². The molecule has 2 aliphatic rings. The van der Waals surface area contributed by atoms with Crippen LogP contribution in [-0.2, 0) is 9.59 Å². The molecule has 23 heavy (non-hydrogen) atoms. The van der Waals surface area contributed by atoms with Crippen LogP contribution in [0.5, 0.6) is 0 Å². The van der Waals surface area contributed by atoms with Gasteiger partial charge in [0.05, 0.1) is 6.54 Å². The third kappa shape index (κ3) is 2.74. The molecule has 4 amide bonds. The largest absolute Gasteiger partial charge is 0.334 e. The summed E-state index contributed by atoms with van der Waals surface area (Å²) in [5, 5.41) is 0. The molecule has 0 atom stereocenters. The molecule has 0 spiro atoms. The van der Waals surface area contributed by atoms with Crippen molar-refractivity contribution in [3.05, 3.63) is 35.6 Å². The number of carbonyl (C=O) groups excluding carboxylic acids is 4. The van der Waals surface area contributed by atoms with E-state index in [-0.39, 0.29) is 11.6 Å². The van der Waals surface area contributed by atoms with Gasteiger partial charge in [0, 0.05) is 11.6 Å². The summed E-state index contributed by atoms with van der Waals surface area (Å²) in [6.45, 7) is -0.516. The maximum absolute atomic E-state index is 12.9. The molecule has 0 aromatic heterocycles. The van der Waals surface area contributed by atoms with Crippen LogP contribution < -0.4 is 0 Å². The molecule has 1 heterocycles. The summed E-state index contributed by atoms with van der Waals surface area (Å²) in [6.07, 6.45) is 3.18. The van der Waals surface area contributed by atoms with E-state index in [0.29, 0.717) is 17.7 Å². The minimum atomic E-state index is -0.975. The molecule has 3 rings (SSSR count). The minimum Gasteiger partial charge on any atom is -0.292 e. The molecule has 0 unspecified atom stereocenters. The molecular formula is C16H15FN2O4. The lowest BCUT2D eigenvalue weighted by Gasteiger charge is -2.20. The topological polar surface area (TPSA) is 74.8 Å². The number of carbonyl (C=O) groups is 4. The van der Waals surface area contributed by atoms with Crippen LogP contribution in [0, 0.1) is 5.82 Å². The zero-order valence-corrected chi connectivity index (χ0v) is 12.3. The predicted molar refractivity (Wildman–Crippen MR) is 76.9 cm³/mol. The summed E-state index contributed by atoms with van der Waals surface area (Å²) in [5.74, 6) is -2.85. The molecule has 1 aromatic carbocycles. The first-order valence-corrected chi connectivity index (χ1v) is 7.47. The van der Waals surface area contributed by atoms with Gasteiger partial charge in [-0.05, 0) is 37.1 Å². The second kappa shape index (κ2) is 5.91. The molecule has 0 bridgehead atoms. The fourth-order valence-electron chi connectivity index (χ4n) is 3.02. The molecule has 1 saturated heterocycles.